The normalized spacial score (nSPS) is 23.4. The number of hydrogen-bond acceptors (Lipinski definition) is 5. The average molecular weight is 337 g/mol. The minimum atomic E-state index is -0.415. The fraction of sp³-hybridized carbons (Fsp3) is 0.222. The van der Waals surface area contributed by atoms with Crippen molar-refractivity contribution in [2.75, 3.05) is 5.32 Å². The predicted molar refractivity (Wildman–Crippen MR) is 92.5 cm³/mol. The quantitative estimate of drug-likeness (QED) is 0.510. The Morgan fingerprint density at radius 3 is 2.36 bits per heavy atom. The summed E-state index contributed by atoms with van der Waals surface area (Å²) in [6.45, 7) is 0. The predicted octanol–water partition coefficient (Wildman–Crippen LogP) is 4.33. The molecule has 25 heavy (non-hydrogen) atoms. The molecule has 0 radical (unpaired) electrons. The summed E-state index contributed by atoms with van der Waals surface area (Å²) in [6, 6.07) is 11.3. The van der Waals surface area contributed by atoms with E-state index in [1.807, 2.05) is 12.1 Å². The van der Waals surface area contributed by atoms with Crippen molar-refractivity contribution in [3.05, 3.63) is 86.0 Å². The molecular weight excluding hydrogens is 322 g/mol. The Morgan fingerprint density at radius 2 is 1.60 bits per heavy atom. The smallest absolute Gasteiger partial charge is 0.292 e. The van der Waals surface area contributed by atoms with Gasteiger partial charge >= 0.3 is 0 Å². The molecule has 0 saturated carbocycles. The van der Waals surface area contributed by atoms with Gasteiger partial charge in [0.25, 0.3) is 11.4 Å². The van der Waals surface area contributed by atoms with Crippen molar-refractivity contribution in [2.24, 2.45) is 5.92 Å². The van der Waals surface area contributed by atoms with Crippen molar-refractivity contribution in [3.63, 3.8) is 0 Å². The monoisotopic (exact) mass is 337 g/mol. The molecule has 1 aliphatic heterocycles. The van der Waals surface area contributed by atoms with E-state index in [4.69, 9.17) is 0 Å². The van der Waals surface area contributed by atoms with Crippen molar-refractivity contribution in [3.8, 4) is 0 Å². The van der Waals surface area contributed by atoms with E-state index in [2.05, 4.69) is 11.4 Å². The van der Waals surface area contributed by atoms with Crippen LogP contribution in [-0.2, 0) is 0 Å². The third kappa shape index (κ3) is 2.36. The Labute approximate surface area is 143 Å². The molecule has 126 valence electrons. The molecule has 0 aromatic heterocycles. The zero-order valence-electron chi connectivity index (χ0n) is 13.2. The van der Waals surface area contributed by atoms with E-state index < -0.39 is 9.85 Å². The highest BCUT2D eigenvalue weighted by atomic mass is 16.6. The Hall–Kier alpha value is -3.22. The molecule has 2 aromatic rings. The van der Waals surface area contributed by atoms with E-state index in [1.165, 1.54) is 12.1 Å². The summed E-state index contributed by atoms with van der Waals surface area (Å²) in [5, 5.41) is 26.1. The first-order valence-electron chi connectivity index (χ1n) is 8.01. The molecule has 7 nitrogen and oxygen atoms in total. The number of fused-ring (bicyclic) bond motifs is 3. The summed E-state index contributed by atoms with van der Waals surface area (Å²) in [5.41, 5.74) is 1.94. The van der Waals surface area contributed by atoms with Crippen LogP contribution in [0.15, 0.2) is 54.6 Å². The van der Waals surface area contributed by atoms with E-state index in [-0.39, 0.29) is 29.3 Å². The number of allylic oxidation sites excluding steroid dienone is 2. The van der Waals surface area contributed by atoms with Crippen LogP contribution in [-0.4, -0.2) is 9.85 Å². The molecule has 4 rings (SSSR count). The van der Waals surface area contributed by atoms with Crippen molar-refractivity contribution in [1.29, 1.82) is 0 Å². The largest absolute Gasteiger partial charge is 0.372 e. The highest BCUT2D eigenvalue weighted by Crippen LogP contribution is 2.52. The number of benzene rings is 2. The van der Waals surface area contributed by atoms with E-state index in [9.17, 15) is 20.2 Å². The molecule has 3 atom stereocenters. The molecule has 0 spiro atoms. The standard InChI is InChI=1S/C18H15N3O4/c22-20(23)15-9-2-1-5-14(15)17-12-7-3-6-11(12)13-8-4-10-16(21(24)25)18(13)19-17/h1-6,8-12,17,19H,7H2/t11-,12+,17+/m1/s1. The van der Waals surface area contributed by atoms with Gasteiger partial charge in [-0.1, -0.05) is 42.5 Å². The molecule has 7 heteroatoms. The molecule has 2 aliphatic rings. The van der Waals surface area contributed by atoms with E-state index >= 15 is 0 Å². The Kier molecular flexibility index (Phi) is 3.49. The summed E-state index contributed by atoms with van der Waals surface area (Å²) in [6.07, 6.45) is 4.87. The summed E-state index contributed by atoms with van der Waals surface area (Å²) < 4.78 is 0. The van der Waals surface area contributed by atoms with Crippen molar-refractivity contribution >= 4 is 17.1 Å². The van der Waals surface area contributed by atoms with Gasteiger partial charge in [0, 0.05) is 18.1 Å². The van der Waals surface area contributed by atoms with Crippen LogP contribution >= 0.6 is 0 Å². The molecule has 0 amide bonds. The average Bonchev–Trinajstić information content (AvgIpc) is 3.10. The zero-order chi connectivity index (χ0) is 17.6. The van der Waals surface area contributed by atoms with Crippen LogP contribution in [0.3, 0.4) is 0 Å². The molecule has 0 unspecified atom stereocenters. The lowest BCUT2D eigenvalue weighted by molar-refractivity contribution is -0.386. The second-order valence-corrected chi connectivity index (χ2v) is 6.29. The highest BCUT2D eigenvalue weighted by Gasteiger charge is 2.42. The minimum absolute atomic E-state index is 0.000154. The second-order valence-electron chi connectivity index (χ2n) is 6.29. The van der Waals surface area contributed by atoms with Gasteiger partial charge in [-0.05, 0) is 17.9 Å². The minimum Gasteiger partial charge on any atom is -0.372 e. The maximum Gasteiger partial charge on any atom is 0.292 e. The van der Waals surface area contributed by atoms with E-state index in [0.717, 1.165) is 12.0 Å². The van der Waals surface area contributed by atoms with Crippen LogP contribution < -0.4 is 5.32 Å². The first kappa shape index (κ1) is 15.3. The summed E-state index contributed by atoms with van der Waals surface area (Å²) in [7, 11) is 0. The number of para-hydroxylation sites is 2. The zero-order valence-corrected chi connectivity index (χ0v) is 13.2. The van der Waals surface area contributed by atoms with Gasteiger partial charge < -0.3 is 5.32 Å². The van der Waals surface area contributed by atoms with Gasteiger partial charge in [-0.3, -0.25) is 20.2 Å². The third-order valence-electron chi connectivity index (χ3n) is 5.04. The molecule has 0 bridgehead atoms. The maximum absolute atomic E-state index is 11.4. The maximum atomic E-state index is 11.4. The molecule has 1 heterocycles. The van der Waals surface area contributed by atoms with Gasteiger partial charge in [0.2, 0.25) is 0 Å². The van der Waals surface area contributed by atoms with Crippen molar-refractivity contribution < 1.29 is 9.85 Å². The van der Waals surface area contributed by atoms with Gasteiger partial charge in [-0.2, -0.15) is 0 Å². The topological polar surface area (TPSA) is 98.3 Å². The van der Waals surface area contributed by atoms with Crippen LogP contribution in [0.4, 0.5) is 17.1 Å². The number of hydrogen-bond donors (Lipinski definition) is 1. The van der Waals surface area contributed by atoms with Crippen molar-refractivity contribution in [2.45, 2.75) is 18.4 Å². The molecular formula is C18H15N3O4. The lowest BCUT2D eigenvalue weighted by Gasteiger charge is -2.36. The molecule has 1 aliphatic carbocycles. The highest BCUT2D eigenvalue weighted by molar-refractivity contribution is 5.71. The fourth-order valence-electron chi connectivity index (χ4n) is 3.98. The van der Waals surface area contributed by atoms with Crippen LogP contribution in [0.2, 0.25) is 0 Å². The van der Waals surface area contributed by atoms with Gasteiger partial charge in [-0.25, -0.2) is 0 Å². The second kappa shape index (κ2) is 5.70. The van der Waals surface area contributed by atoms with Crippen LogP contribution in [0.25, 0.3) is 0 Å². The van der Waals surface area contributed by atoms with Crippen LogP contribution in [0.1, 0.15) is 29.5 Å². The van der Waals surface area contributed by atoms with Gasteiger partial charge in [0.1, 0.15) is 5.69 Å². The molecule has 2 aromatic carbocycles. The number of nitrogens with one attached hydrogen (secondary N) is 1. The lowest BCUT2D eigenvalue weighted by atomic mass is 9.76. The van der Waals surface area contributed by atoms with Crippen LogP contribution in [0, 0.1) is 26.1 Å². The Balaban J connectivity index is 1.88. The number of rotatable bonds is 3. The number of nitro benzene ring substituents is 2. The molecule has 1 N–H and O–H groups in total. The Bertz CT molecular complexity index is 909. The number of nitrogens with zero attached hydrogens (tertiary/aromatic N) is 2. The van der Waals surface area contributed by atoms with Gasteiger partial charge in [-0.15, -0.1) is 0 Å². The van der Waals surface area contributed by atoms with Gasteiger partial charge in [0.15, 0.2) is 0 Å². The first-order chi connectivity index (χ1) is 12.1. The van der Waals surface area contributed by atoms with E-state index in [1.54, 1.807) is 24.3 Å². The summed E-state index contributed by atoms with van der Waals surface area (Å²) in [5.74, 6) is 0.108. The lowest BCUT2D eigenvalue weighted by Crippen LogP contribution is -2.30. The van der Waals surface area contributed by atoms with Gasteiger partial charge in [0.05, 0.1) is 21.5 Å². The SMILES string of the molecule is O=[N+]([O-])c1ccccc1[C@H]1Nc2c(cccc2[N+](=O)[O-])[C@@H]2C=CC[C@H]12. The summed E-state index contributed by atoms with van der Waals surface area (Å²) >= 11 is 0. The van der Waals surface area contributed by atoms with Crippen LogP contribution in [0.5, 0.6) is 0 Å². The molecule has 0 fully saturated rings. The third-order valence-corrected chi connectivity index (χ3v) is 5.04. The first-order valence-corrected chi connectivity index (χ1v) is 8.01. The van der Waals surface area contributed by atoms with Crippen molar-refractivity contribution in [1.82, 2.24) is 0 Å². The summed E-state index contributed by atoms with van der Waals surface area (Å²) in [4.78, 5) is 22.0. The number of nitro groups is 2. The number of anilines is 1. The Morgan fingerprint density at radius 1 is 0.920 bits per heavy atom. The molecule has 0 saturated heterocycles. The fourth-order valence-corrected chi connectivity index (χ4v) is 3.98. The van der Waals surface area contributed by atoms with E-state index in [0.29, 0.717) is 11.3 Å².